The van der Waals surface area contributed by atoms with Crippen molar-refractivity contribution in [3.63, 3.8) is 0 Å². The van der Waals surface area contributed by atoms with Crippen LogP contribution < -0.4 is 0 Å². The molecule has 2 aromatic rings. The Morgan fingerprint density at radius 3 is 2.45 bits per heavy atom. The van der Waals surface area contributed by atoms with Gasteiger partial charge in [0.2, 0.25) is 0 Å². The SMILES string of the molecule is Fc1c(-c2cc(C(F)(F)F)cc(=S)[nH]2)ccc(Br)c1Cl. The van der Waals surface area contributed by atoms with E-state index >= 15 is 0 Å². The minimum atomic E-state index is -4.56. The maximum atomic E-state index is 14.0. The molecule has 0 saturated heterocycles. The Morgan fingerprint density at radius 1 is 1.20 bits per heavy atom. The van der Waals surface area contributed by atoms with Crippen molar-refractivity contribution in [2.24, 2.45) is 0 Å². The molecule has 0 saturated carbocycles. The zero-order chi connectivity index (χ0) is 15.1. The van der Waals surface area contributed by atoms with Gasteiger partial charge >= 0.3 is 6.18 Å². The number of pyridine rings is 1. The molecule has 0 amide bonds. The monoisotopic (exact) mass is 385 g/mol. The van der Waals surface area contributed by atoms with Crippen molar-refractivity contribution in [1.82, 2.24) is 4.98 Å². The van der Waals surface area contributed by atoms with E-state index in [0.29, 0.717) is 4.47 Å². The highest BCUT2D eigenvalue weighted by atomic mass is 79.9. The van der Waals surface area contributed by atoms with Gasteiger partial charge in [0.1, 0.15) is 4.64 Å². The molecule has 2 rings (SSSR count). The summed E-state index contributed by atoms with van der Waals surface area (Å²) >= 11 is 13.5. The molecule has 0 atom stereocenters. The van der Waals surface area contributed by atoms with Gasteiger partial charge in [0, 0.05) is 15.7 Å². The summed E-state index contributed by atoms with van der Waals surface area (Å²) < 4.78 is 52.3. The summed E-state index contributed by atoms with van der Waals surface area (Å²) in [6.45, 7) is 0. The summed E-state index contributed by atoms with van der Waals surface area (Å²) in [4.78, 5) is 2.52. The lowest BCUT2D eigenvalue weighted by atomic mass is 10.1. The highest BCUT2D eigenvalue weighted by Gasteiger charge is 2.31. The predicted molar refractivity (Wildman–Crippen MR) is 74.7 cm³/mol. The predicted octanol–water partition coefficient (Wildman–Crippen LogP) is 5.98. The normalized spacial score (nSPS) is 11.7. The van der Waals surface area contributed by atoms with Crippen LogP contribution in [0.5, 0.6) is 0 Å². The second-order valence-corrected chi connectivity index (χ2v) is 5.54. The van der Waals surface area contributed by atoms with Gasteiger partial charge < -0.3 is 4.98 Å². The van der Waals surface area contributed by atoms with Crippen LogP contribution in [0.4, 0.5) is 17.6 Å². The number of rotatable bonds is 1. The van der Waals surface area contributed by atoms with E-state index in [1.165, 1.54) is 12.1 Å². The van der Waals surface area contributed by atoms with Crippen LogP contribution in [-0.4, -0.2) is 4.98 Å². The number of benzene rings is 1. The molecule has 0 spiro atoms. The molecular weight excluding hydrogens is 382 g/mol. The Hall–Kier alpha value is -0.920. The van der Waals surface area contributed by atoms with Crippen molar-refractivity contribution in [1.29, 1.82) is 0 Å². The van der Waals surface area contributed by atoms with E-state index in [0.717, 1.165) is 12.1 Å². The topological polar surface area (TPSA) is 15.8 Å². The van der Waals surface area contributed by atoms with E-state index in [1.807, 2.05) is 0 Å². The van der Waals surface area contributed by atoms with Crippen LogP contribution in [0.25, 0.3) is 11.3 Å². The average molecular weight is 387 g/mol. The number of halogens is 6. The van der Waals surface area contributed by atoms with Crippen LogP contribution in [-0.2, 0) is 6.18 Å². The summed E-state index contributed by atoms with van der Waals surface area (Å²) in [5.41, 5.74) is -1.12. The molecule has 0 aliphatic carbocycles. The first kappa shape index (κ1) is 15.5. The fraction of sp³-hybridized carbons (Fsp3) is 0.0833. The van der Waals surface area contributed by atoms with Crippen molar-refractivity contribution in [3.8, 4) is 11.3 Å². The molecule has 0 radical (unpaired) electrons. The van der Waals surface area contributed by atoms with Crippen LogP contribution in [0.15, 0.2) is 28.7 Å². The Morgan fingerprint density at radius 2 is 1.85 bits per heavy atom. The molecule has 1 N–H and O–H groups in total. The minimum absolute atomic E-state index is 0.0864. The van der Waals surface area contributed by atoms with Crippen LogP contribution in [0.2, 0.25) is 5.02 Å². The molecule has 1 aromatic heterocycles. The molecule has 0 aliphatic heterocycles. The van der Waals surface area contributed by atoms with E-state index in [-0.39, 0.29) is 20.9 Å². The van der Waals surface area contributed by atoms with Gasteiger partial charge in [0.25, 0.3) is 0 Å². The van der Waals surface area contributed by atoms with Gasteiger partial charge in [-0.15, -0.1) is 0 Å². The number of H-pyrrole nitrogens is 1. The van der Waals surface area contributed by atoms with Crippen molar-refractivity contribution < 1.29 is 17.6 Å². The fourth-order valence-corrected chi connectivity index (χ4v) is 2.29. The number of aromatic nitrogens is 1. The standard InChI is InChI=1S/C12H5BrClF4NS/c13-7-2-1-6(11(15)10(7)14)8-3-5(12(16,17)18)4-9(20)19-8/h1-4H,(H,19,20). The summed E-state index contributed by atoms with van der Waals surface area (Å²) in [6, 6.07) is 4.32. The first-order valence-electron chi connectivity index (χ1n) is 5.15. The highest BCUT2D eigenvalue weighted by Crippen LogP contribution is 2.35. The maximum absolute atomic E-state index is 14.0. The van der Waals surface area contributed by atoms with Gasteiger partial charge in [0.15, 0.2) is 5.82 Å². The number of aromatic amines is 1. The van der Waals surface area contributed by atoms with Crippen LogP contribution >= 0.6 is 39.7 Å². The Kier molecular flexibility index (Phi) is 4.22. The zero-order valence-corrected chi connectivity index (χ0v) is 12.6. The smallest absolute Gasteiger partial charge is 0.346 e. The van der Waals surface area contributed by atoms with E-state index in [4.69, 9.17) is 23.8 Å². The summed E-state index contributed by atoms with van der Waals surface area (Å²) in [7, 11) is 0. The zero-order valence-electron chi connectivity index (χ0n) is 9.49. The largest absolute Gasteiger partial charge is 0.416 e. The Bertz CT molecular complexity index is 726. The molecule has 0 fully saturated rings. The highest BCUT2D eigenvalue weighted by molar-refractivity contribution is 9.10. The summed E-state index contributed by atoms with van der Waals surface area (Å²) in [6.07, 6.45) is -4.56. The first-order valence-corrected chi connectivity index (χ1v) is 6.73. The number of hydrogen-bond acceptors (Lipinski definition) is 1. The molecule has 0 bridgehead atoms. The van der Waals surface area contributed by atoms with Gasteiger partial charge in [-0.3, -0.25) is 0 Å². The molecule has 1 heterocycles. The molecular formula is C12H5BrClF4NS. The molecule has 0 aliphatic rings. The van der Waals surface area contributed by atoms with E-state index < -0.39 is 17.6 Å². The third-order valence-corrected chi connectivity index (χ3v) is 3.98. The summed E-state index contributed by atoms with van der Waals surface area (Å²) in [5.74, 6) is -0.828. The summed E-state index contributed by atoms with van der Waals surface area (Å²) in [5, 5.41) is -0.209. The Balaban J connectivity index is 2.68. The molecule has 0 unspecified atom stereocenters. The van der Waals surface area contributed by atoms with E-state index in [2.05, 4.69) is 20.9 Å². The van der Waals surface area contributed by atoms with Crippen molar-refractivity contribution >= 4 is 39.7 Å². The van der Waals surface area contributed by atoms with E-state index in [9.17, 15) is 17.6 Å². The number of nitrogens with one attached hydrogen (secondary N) is 1. The Labute approximate surface area is 129 Å². The molecule has 20 heavy (non-hydrogen) atoms. The molecule has 1 nitrogen and oxygen atoms in total. The van der Waals surface area contributed by atoms with Crippen LogP contribution in [0.1, 0.15) is 5.56 Å². The lowest BCUT2D eigenvalue weighted by Crippen LogP contribution is -2.06. The number of hydrogen-bond donors (Lipinski definition) is 1. The van der Waals surface area contributed by atoms with Crippen molar-refractivity contribution in [2.75, 3.05) is 0 Å². The second-order valence-electron chi connectivity index (χ2n) is 3.87. The van der Waals surface area contributed by atoms with Crippen LogP contribution in [0.3, 0.4) is 0 Å². The second kappa shape index (κ2) is 5.46. The quantitative estimate of drug-likeness (QED) is 0.362. The van der Waals surface area contributed by atoms with Gasteiger partial charge in [0.05, 0.1) is 10.6 Å². The van der Waals surface area contributed by atoms with Gasteiger partial charge in [-0.1, -0.05) is 23.8 Å². The first-order chi connectivity index (χ1) is 9.20. The van der Waals surface area contributed by atoms with Gasteiger partial charge in [-0.2, -0.15) is 13.2 Å². The lowest BCUT2D eigenvalue weighted by molar-refractivity contribution is -0.137. The molecule has 1 aromatic carbocycles. The van der Waals surface area contributed by atoms with Crippen molar-refractivity contribution in [3.05, 3.63) is 49.8 Å². The maximum Gasteiger partial charge on any atom is 0.416 e. The lowest BCUT2D eigenvalue weighted by Gasteiger charge is -2.11. The van der Waals surface area contributed by atoms with E-state index in [1.54, 1.807) is 0 Å². The minimum Gasteiger partial charge on any atom is -0.346 e. The van der Waals surface area contributed by atoms with Gasteiger partial charge in [-0.05, 0) is 40.2 Å². The van der Waals surface area contributed by atoms with Crippen LogP contribution in [0, 0.1) is 10.5 Å². The molecule has 106 valence electrons. The molecule has 8 heteroatoms. The van der Waals surface area contributed by atoms with Crippen molar-refractivity contribution in [2.45, 2.75) is 6.18 Å². The van der Waals surface area contributed by atoms with Gasteiger partial charge in [-0.25, -0.2) is 4.39 Å². The number of alkyl halides is 3. The third-order valence-electron chi connectivity index (χ3n) is 2.50. The average Bonchev–Trinajstić information content (AvgIpc) is 2.34. The fourth-order valence-electron chi connectivity index (χ4n) is 1.59. The third kappa shape index (κ3) is 3.05.